The van der Waals surface area contributed by atoms with Gasteiger partial charge in [0.15, 0.2) is 0 Å². The van der Waals surface area contributed by atoms with E-state index < -0.39 is 0 Å². The van der Waals surface area contributed by atoms with Crippen LogP contribution in [0.25, 0.3) is 0 Å². The van der Waals surface area contributed by atoms with Crippen molar-refractivity contribution in [2.45, 2.75) is 65.1 Å². The molecule has 0 aromatic rings. The first-order valence-corrected chi connectivity index (χ1v) is 8.10. The van der Waals surface area contributed by atoms with Crippen molar-refractivity contribution in [3.63, 3.8) is 0 Å². The first-order valence-electron chi connectivity index (χ1n) is 8.10. The Bertz CT molecular complexity index is 282. The molecule has 0 bridgehead atoms. The smallest absolute Gasteiger partial charge is 0.0855 e. The molecule has 19 heavy (non-hydrogen) atoms. The highest BCUT2D eigenvalue weighted by atomic mass is 16.5. The SMILES string of the molecule is CC1CCC(C(N)C2CN(C(C)C)CCO2)CC1C. The van der Waals surface area contributed by atoms with Crippen molar-refractivity contribution < 1.29 is 4.74 Å². The van der Waals surface area contributed by atoms with E-state index in [4.69, 9.17) is 10.5 Å². The Balaban J connectivity index is 1.90. The maximum Gasteiger partial charge on any atom is 0.0855 e. The van der Waals surface area contributed by atoms with Gasteiger partial charge >= 0.3 is 0 Å². The lowest BCUT2D eigenvalue weighted by atomic mass is 9.72. The Morgan fingerprint density at radius 3 is 2.53 bits per heavy atom. The number of rotatable bonds is 3. The van der Waals surface area contributed by atoms with Crippen LogP contribution >= 0.6 is 0 Å². The summed E-state index contributed by atoms with van der Waals surface area (Å²) in [5, 5.41) is 0. The molecule has 3 heteroatoms. The lowest BCUT2D eigenvalue weighted by Gasteiger charge is -2.42. The van der Waals surface area contributed by atoms with Crippen molar-refractivity contribution in [1.82, 2.24) is 4.90 Å². The van der Waals surface area contributed by atoms with Crippen molar-refractivity contribution in [3.8, 4) is 0 Å². The molecule has 2 N–H and O–H groups in total. The summed E-state index contributed by atoms with van der Waals surface area (Å²) in [6.45, 7) is 12.2. The van der Waals surface area contributed by atoms with Gasteiger partial charge in [0.2, 0.25) is 0 Å². The summed E-state index contributed by atoms with van der Waals surface area (Å²) in [6.07, 6.45) is 4.14. The highest BCUT2D eigenvalue weighted by Crippen LogP contribution is 2.35. The van der Waals surface area contributed by atoms with Crippen LogP contribution in [-0.4, -0.2) is 42.8 Å². The molecule has 3 nitrogen and oxygen atoms in total. The lowest BCUT2D eigenvalue weighted by molar-refractivity contribution is -0.0627. The van der Waals surface area contributed by atoms with Crippen LogP contribution in [0.5, 0.6) is 0 Å². The lowest BCUT2D eigenvalue weighted by Crippen LogP contribution is -2.55. The summed E-state index contributed by atoms with van der Waals surface area (Å²) in [6, 6.07) is 0.820. The summed E-state index contributed by atoms with van der Waals surface area (Å²) >= 11 is 0. The van der Waals surface area contributed by atoms with E-state index >= 15 is 0 Å². The van der Waals surface area contributed by atoms with Crippen molar-refractivity contribution in [2.75, 3.05) is 19.7 Å². The molecule has 0 aromatic carbocycles. The van der Waals surface area contributed by atoms with Gasteiger partial charge in [-0.1, -0.05) is 20.3 Å². The van der Waals surface area contributed by atoms with Crippen LogP contribution < -0.4 is 5.73 Å². The normalized spacial score (nSPS) is 39.5. The van der Waals surface area contributed by atoms with Gasteiger partial charge in [0.1, 0.15) is 0 Å². The van der Waals surface area contributed by atoms with Crippen LogP contribution in [0.1, 0.15) is 47.0 Å². The van der Waals surface area contributed by atoms with E-state index in [0.29, 0.717) is 12.0 Å². The fourth-order valence-corrected chi connectivity index (χ4v) is 3.64. The zero-order valence-corrected chi connectivity index (χ0v) is 13.1. The molecule has 5 unspecified atom stereocenters. The topological polar surface area (TPSA) is 38.5 Å². The predicted octanol–water partition coefficient (Wildman–Crippen LogP) is 2.50. The number of nitrogens with two attached hydrogens (primary N) is 1. The molecular weight excluding hydrogens is 236 g/mol. The van der Waals surface area contributed by atoms with Crippen molar-refractivity contribution in [2.24, 2.45) is 23.5 Å². The maximum absolute atomic E-state index is 6.54. The van der Waals surface area contributed by atoms with Crippen LogP contribution in [0.3, 0.4) is 0 Å². The molecule has 0 amide bonds. The number of hydrogen-bond acceptors (Lipinski definition) is 3. The molecule has 112 valence electrons. The van der Waals surface area contributed by atoms with E-state index in [-0.39, 0.29) is 12.1 Å². The minimum atomic E-state index is 0.219. The van der Waals surface area contributed by atoms with E-state index in [1.165, 1.54) is 19.3 Å². The second-order valence-electron chi connectivity index (χ2n) is 7.10. The third-order valence-corrected chi connectivity index (χ3v) is 5.47. The van der Waals surface area contributed by atoms with Gasteiger partial charge in [-0.3, -0.25) is 4.90 Å². The average Bonchev–Trinajstić information content (AvgIpc) is 2.41. The van der Waals surface area contributed by atoms with Gasteiger partial charge < -0.3 is 10.5 Å². The zero-order chi connectivity index (χ0) is 14.0. The Morgan fingerprint density at radius 2 is 1.89 bits per heavy atom. The van der Waals surface area contributed by atoms with E-state index in [1.54, 1.807) is 0 Å². The minimum Gasteiger partial charge on any atom is -0.374 e. The fraction of sp³-hybridized carbons (Fsp3) is 1.00. The van der Waals surface area contributed by atoms with Crippen LogP contribution in [-0.2, 0) is 4.74 Å². The van der Waals surface area contributed by atoms with Crippen LogP contribution in [0, 0.1) is 17.8 Å². The predicted molar refractivity (Wildman–Crippen MR) is 80.1 cm³/mol. The molecule has 0 radical (unpaired) electrons. The van der Waals surface area contributed by atoms with Crippen molar-refractivity contribution in [3.05, 3.63) is 0 Å². The van der Waals surface area contributed by atoms with E-state index in [9.17, 15) is 0 Å². The Morgan fingerprint density at radius 1 is 1.16 bits per heavy atom. The standard InChI is InChI=1S/C16H32N2O/c1-11(2)18-7-8-19-15(10-18)16(17)14-6-5-12(3)13(4)9-14/h11-16H,5-10,17H2,1-4H3. The second-order valence-corrected chi connectivity index (χ2v) is 7.10. The summed E-state index contributed by atoms with van der Waals surface area (Å²) in [7, 11) is 0. The molecule has 1 aliphatic carbocycles. The molecular formula is C16H32N2O. The molecule has 2 fully saturated rings. The highest BCUT2D eigenvalue weighted by Gasteiger charge is 2.35. The van der Waals surface area contributed by atoms with Gasteiger partial charge in [0, 0.05) is 25.2 Å². The first-order chi connectivity index (χ1) is 8.99. The summed E-state index contributed by atoms with van der Waals surface area (Å²) in [5.74, 6) is 2.33. The zero-order valence-electron chi connectivity index (χ0n) is 13.1. The Labute approximate surface area is 118 Å². The van der Waals surface area contributed by atoms with Gasteiger partial charge in [0.25, 0.3) is 0 Å². The van der Waals surface area contributed by atoms with Gasteiger partial charge in [-0.25, -0.2) is 0 Å². The molecule has 1 heterocycles. The summed E-state index contributed by atoms with van der Waals surface area (Å²) in [5.41, 5.74) is 6.54. The van der Waals surface area contributed by atoms with Crippen LogP contribution in [0.4, 0.5) is 0 Å². The second kappa shape index (κ2) is 6.55. The average molecular weight is 268 g/mol. The molecule has 5 atom stereocenters. The van der Waals surface area contributed by atoms with Gasteiger partial charge in [0.05, 0.1) is 12.7 Å². The van der Waals surface area contributed by atoms with Gasteiger partial charge in [-0.05, 0) is 44.4 Å². The molecule has 2 rings (SSSR count). The monoisotopic (exact) mass is 268 g/mol. The molecule has 1 saturated heterocycles. The van der Waals surface area contributed by atoms with Crippen molar-refractivity contribution >= 4 is 0 Å². The van der Waals surface area contributed by atoms with Crippen molar-refractivity contribution in [1.29, 1.82) is 0 Å². The maximum atomic E-state index is 6.54. The first kappa shape index (κ1) is 15.3. The molecule has 1 aliphatic heterocycles. The van der Waals surface area contributed by atoms with Crippen LogP contribution in [0.2, 0.25) is 0 Å². The molecule has 2 aliphatic rings. The van der Waals surface area contributed by atoms with E-state index in [0.717, 1.165) is 31.5 Å². The Hall–Kier alpha value is -0.120. The number of morpholine rings is 1. The van der Waals surface area contributed by atoms with Gasteiger partial charge in [-0.15, -0.1) is 0 Å². The van der Waals surface area contributed by atoms with E-state index in [1.807, 2.05) is 0 Å². The minimum absolute atomic E-state index is 0.219. The fourth-order valence-electron chi connectivity index (χ4n) is 3.64. The Kier molecular flexibility index (Phi) is 5.27. The molecule has 0 spiro atoms. The third-order valence-electron chi connectivity index (χ3n) is 5.47. The quantitative estimate of drug-likeness (QED) is 0.854. The van der Waals surface area contributed by atoms with Gasteiger partial charge in [-0.2, -0.15) is 0 Å². The summed E-state index contributed by atoms with van der Waals surface area (Å²) < 4.78 is 5.97. The number of hydrogen-bond donors (Lipinski definition) is 1. The number of nitrogens with zero attached hydrogens (tertiary/aromatic N) is 1. The molecule has 0 aromatic heterocycles. The third kappa shape index (κ3) is 3.71. The van der Waals surface area contributed by atoms with Crippen LogP contribution in [0.15, 0.2) is 0 Å². The molecule has 1 saturated carbocycles. The van der Waals surface area contributed by atoms with E-state index in [2.05, 4.69) is 32.6 Å². The largest absolute Gasteiger partial charge is 0.374 e. The summed E-state index contributed by atoms with van der Waals surface area (Å²) in [4.78, 5) is 2.50. The highest BCUT2D eigenvalue weighted by molar-refractivity contribution is 4.89. The number of ether oxygens (including phenoxy) is 1.